The second kappa shape index (κ2) is 4.41. The molecule has 2 saturated carbocycles. The fourth-order valence-electron chi connectivity index (χ4n) is 3.18. The second-order valence-electron chi connectivity index (χ2n) is 5.65. The molecule has 1 heterocycles. The van der Waals surface area contributed by atoms with E-state index in [9.17, 15) is 0 Å². The molecule has 0 spiro atoms. The number of aromatic nitrogens is 2. The molecule has 0 radical (unpaired) electrons. The summed E-state index contributed by atoms with van der Waals surface area (Å²) < 4.78 is 5.43. The lowest BCUT2D eigenvalue weighted by atomic mass is 9.82. The lowest BCUT2D eigenvalue weighted by Gasteiger charge is -2.29. The summed E-state index contributed by atoms with van der Waals surface area (Å²) in [6.45, 7) is 0. The molecule has 2 aliphatic carbocycles. The van der Waals surface area contributed by atoms with Crippen molar-refractivity contribution in [1.82, 2.24) is 10.1 Å². The molecule has 0 amide bonds. The predicted molar refractivity (Wildman–Crippen MR) is 64.5 cm³/mol. The van der Waals surface area contributed by atoms with Crippen LogP contribution in [0.1, 0.15) is 75.4 Å². The number of hydrogen-bond acceptors (Lipinski definition) is 4. The summed E-state index contributed by atoms with van der Waals surface area (Å²) in [6, 6.07) is 0. The van der Waals surface area contributed by atoms with E-state index < -0.39 is 0 Å². The third kappa shape index (κ3) is 2.10. The maximum atomic E-state index is 6.41. The van der Waals surface area contributed by atoms with Gasteiger partial charge in [-0.05, 0) is 25.7 Å². The van der Waals surface area contributed by atoms with E-state index in [1.54, 1.807) is 0 Å². The summed E-state index contributed by atoms with van der Waals surface area (Å²) in [5.74, 6) is 2.07. The number of rotatable bonds is 2. The number of nitrogens with zero attached hydrogens (tertiary/aromatic N) is 2. The van der Waals surface area contributed by atoms with Crippen LogP contribution in [-0.4, -0.2) is 10.1 Å². The van der Waals surface area contributed by atoms with Crippen LogP contribution in [0.2, 0.25) is 0 Å². The molecule has 0 aromatic carbocycles. The van der Waals surface area contributed by atoms with Gasteiger partial charge in [0, 0.05) is 5.92 Å². The molecule has 94 valence electrons. The standard InChI is InChI=1S/C13H21N3O/c14-13(8-4-1-5-9-13)12-15-11(17-16-12)10-6-2-3-7-10/h10H,1-9,14H2. The Morgan fingerprint density at radius 3 is 2.47 bits per heavy atom. The Labute approximate surface area is 102 Å². The molecule has 1 aromatic rings. The first-order chi connectivity index (χ1) is 8.28. The zero-order valence-electron chi connectivity index (χ0n) is 10.3. The molecule has 2 aliphatic rings. The molecule has 17 heavy (non-hydrogen) atoms. The molecule has 0 atom stereocenters. The van der Waals surface area contributed by atoms with Gasteiger partial charge < -0.3 is 10.3 Å². The highest BCUT2D eigenvalue weighted by molar-refractivity contribution is 5.07. The van der Waals surface area contributed by atoms with Gasteiger partial charge in [-0.1, -0.05) is 37.3 Å². The van der Waals surface area contributed by atoms with Crippen molar-refractivity contribution >= 4 is 0 Å². The number of hydrogen-bond donors (Lipinski definition) is 1. The fraction of sp³-hybridized carbons (Fsp3) is 0.846. The molecule has 4 nitrogen and oxygen atoms in total. The van der Waals surface area contributed by atoms with E-state index in [-0.39, 0.29) is 5.54 Å². The van der Waals surface area contributed by atoms with Crippen LogP contribution >= 0.6 is 0 Å². The molecule has 0 unspecified atom stereocenters. The molecule has 0 bridgehead atoms. The summed E-state index contributed by atoms with van der Waals surface area (Å²) in [4.78, 5) is 4.58. The maximum Gasteiger partial charge on any atom is 0.229 e. The van der Waals surface area contributed by atoms with Crippen LogP contribution in [0.15, 0.2) is 4.52 Å². The van der Waals surface area contributed by atoms with Gasteiger partial charge in [-0.15, -0.1) is 0 Å². The molecule has 1 aromatic heterocycles. The summed E-state index contributed by atoms with van der Waals surface area (Å²) >= 11 is 0. The summed E-state index contributed by atoms with van der Waals surface area (Å²) in [6.07, 6.45) is 10.6. The summed E-state index contributed by atoms with van der Waals surface area (Å²) in [5.41, 5.74) is 6.09. The molecule has 2 fully saturated rings. The molecule has 4 heteroatoms. The van der Waals surface area contributed by atoms with Crippen LogP contribution in [-0.2, 0) is 5.54 Å². The first-order valence-electron chi connectivity index (χ1n) is 6.91. The smallest absolute Gasteiger partial charge is 0.229 e. The zero-order chi connectivity index (χ0) is 11.7. The highest BCUT2D eigenvalue weighted by atomic mass is 16.5. The first-order valence-corrected chi connectivity index (χ1v) is 6.91. The van der Waals surface area contributed by atoms with Gasteiger partial charge in [-0.2, -0.15) is 4.98 Å². The highest BCUT2D eigenvalue weighted by Crippen LogP contribution is 2.36. The van der Waals surface area contributed by atoms with E-state index in [0.29, 0.717) is 5.92 Å². The van der Waals surface area contributed by atoms with Gasteiger partial charge in [0.25, 0.3) is 0 Å². The Hall–Kier alpha value is -0.900. The quantitative estimate of drug-likeness (QED) is 0.856. The van der Waals surface area contributed by atoms with E-state index in [4.69, 9.17) is 10.3 Å². The van der Waals surface area contributed by atoms with Gasteiger partial charge in [0.2, 0.25) is 5.89 Å². The van der Waals surface area contributed by atoms with Crippen molar-refractivity contribution in [2.24, 2.45) is 5.73 Å². The molecular formula is C13H21N3O. The van der Waals surface area contributed by atoms with E-state index >= 15 is 0 Å². The molecule has 3 rings (SSSR count). The SMILES string of the molecule is NC1(c2noc(C3CCCC3)n2)CCCCC1. The highest BCUT2D eigenvalue weighted by Gasteiger charge is 2.35. The monoisotopic (exact) mass is 235 g/mol. The predicted octanol–water partition coefficient (Wildman–Crippen LogP) is 2.85. The van der Waals surface area contributed by atoms with Gasteiger partial charge in [-0.3, -0.25) is 0 Å². The van der Waals surface area contributed by atoms with Gasteiger partial charge in [0.1, 0.15) is 0 Å². The van der Waals surface area contributed by atoms with Gasteiger partial charge in [0.15, 0.2) is 5.82 Å². The molecule has 2 N–H and O–H groups in total. The normalized spacial score (nSPS) is 25.2. The van der Waals surface area contributed by atoms with E-state index in [2.05, 4.69) is 10.1 Å². The summed E-state index contributed by atoms with van der Waals surface area (Å²) in [5, 5.41) is 4.15. The minimum Gasteiger partial charge on any atom is -0.339 e. The lowest BCUT2D eigenvalue weighted by molar-refractivity contribution is 0.272. The summed E-state index contributed by atoms with van der Waals surface area (Å²) in [7, 11) is 0. The van der Waals surface area contributed by atoms with Crippen molar-refractivity contribution in [3.63, 3.8) is 0 Å². The van der Waals surface area contributed by atoms with Gasteiger partial charge >= 0.3 is 0 Å². The van der Waals surface area contributed by atoms with Crippen LogP contribution in [0.3, 0.4) is 0 Å². The first kappa shape index (κ1) is 11.2. The van der Waals surface area contributed by atoms with E-state index in [0.717, 1.165) is 24.6 Å². The van der Waals surface area contributed by atoms with Crippen molar-refractivity contribution < 1.29 is 4.52 Å². The Morgan fingerprint density at radius 1 is 1.06 bits per heavy atom. The number of nitrogens with two attached hydrogens (primary N) is 1. The van der Waals surface area contributed by atoms with Crippen molar-refractivity contribution in [3.8, 4) is 0 Å². The average molecular weight is 235 g/mol. The Balaban J connectivity index is 1.78. The molecular weight excluding hydrogens is 214 g/mol. The van der Waals surface area contributed by atoms with E-state index in [1.807, 2.05) is 0 Å². The minimum absolute atomic E-state index is 0.321. The average Bonchev–Trinajstić information content (AvgIpc) is 3.01. The van der Waals surface area contributed by atoms with Gasteiger partial charge in [0.05, 0.1) is 5.54 Å². The lowest BCUT2D eigenvalue weighted by Crippen LogP contribution is -2.39. The second-order valence-corrected chi connectivity index (χ2v) is 5.65. The maximum absolute atomic E-state index is 6.41. The Bertz CT molecular complexity index is 376. The molecule has 0 saturated heterocycles. The van der Waals surface area contributed by atoms with Crippen LogP contribution in [0.25, 0.3) is 0 Å². The van der Waals surface area contributed by atoms with Crippen LogP contribution in [0, 0.1) is 0 Å². The third-order valence-electron chi connectivity index (χ3n) is 4.34. The zero-order valence-corrected chi connectivity index (χ0v) is 10.3. The van der Waals surface area contributed by atoms with Crippen LogP contribution in [0.5, 0.6) is 0 Å². The van der Waals surface area contributed by atoms with Crippen LogP contribution in [0.4, 0.5) is 0 Å². The van der Waals surface area contributed by atoms with Gasteiger partial charge in [-0.25, -0.2) is 0 Å². The van der Waals surface area contributed by atoms with Crippen molar-refractivity contribution in [2.45, 2.75) is 69.2 Å². The topological polar surface area (TPSA) is 64.9 Å². The fourth-order valence-corrected chi connectivity index (χ4v) is 3.18. The molecule has 0 aliphatic heterocycles. The van der Waals surface area contributed by atoms with Crippen molar-refractivity contribution in [1.29, 1.82) is 0 Å². The van der Waals surface area contributed by atoms with E-state index in [1.165, 1.54) is 44.9 Å². The third-order valence-corrected chi connectivity index (χ3v) is 4.34. The van der Waals surface area contributed by atoms with Crippen molar-refractivity contribution in [2.75, 3.05) is 0 Å². The minimum atomic E-state index is -0.321. The van der Waals surface area contributed by atoms with Crippen LogP contribution < -0.4 is 5.73 Å². The largest absolute Gasteiger partial charge is 0.339 e. The Morgan fingerprint density at radius 2 is 1.76 bits per heavy atom. The van der Waals surface area contributed by atoms with Crippen molar-refractivity contribution in [3.05, 3.63) is 11.7 Å². The Kier molecular flexibility index (Phi) is 2.90.